The molecule has 0 radical (unpaired) electrons. The zero-order chi connectivity index (χ0) is 17.9. The van der Waals surface area contributed by atoms with Crippen molar-refractivity contribution in [2.45, 2.75) is 31.9 Å². The number of alkyl halides is 3. The van der Waals surface area contributed by atoms with Crippen LogP contribution in [0.15, 0.2) is 30.5 Å². The number of piperidine rings is 1. The molecule has 1 aliphatic rings. The number of fused-ring (bicyclic) bond motifs is 1. The molecule has 1 saturated heterocycles. The summed E-state index contributed by atoms with van der Waals surface area (Å²) in [4.78, 5) is 18.1. The summed E-state index contributed by atoms with van der Waals surface area (Å²) in [5.41, 5.74) is 0.247. The van der Waals surface area contributed by atoms with Crippen LogP contribution in [0.3, 0.4) is 0 Å². The maximum absolute atomic E-state index is 12.8. The molecule has 2 heterocycles. The van der Waals surface area contributed by atoms with Crippen LogP contribution in [0.5, 0.6) is 0 Å². The molecule has 0 spiro atoms. The van der Waals surface area contributed by atoms with Crippen molar-refractivity contribution in [3.05, 3.63) is 36.0 Å². The van der Waals surface area contributed by atoms with E-state index in [-0.39, 0.29) is 11.4 Å². The highest BCUT2D eigenvalue weighted by molar-refractivity contribution is 5.91. The summed E-state index contributed by atoms with van der Waals surface area (Å²) in [6, 6.07) is 5.22. The first kappa shape index (κ1) is 17.5. The summed E-state index contributed by atoms with van der Waals surface area (Å²) in [6.45, 7) is 2.07. The second-order valence-electron chi connectivity index (χ2n) is 6.21. The summed E-state index contributed by atoms with van der Waals surface area (Å²) in [7, 11) is 0. The average molecular weight is 351 g/mol. The van der Waals surface area contributed by atoms with E-state index in [1.807, 2.05) is 4.90 Å². The zero-order valence-corrected chi connectivity index (χ0v) is 13.8. The number of carbonyl (C=O) groups is 1. The van der Waals surface area contributed by atoms with E-state index in [1.165, 1.54) is 18.7 Å². The molecule has 1 aromatic heterocycles. The highest BCUT2D eigenvalue weighted by atomic mass is 19.4. The summed E-state index contributed by atoms with van der Waals surface area (Å²) < 4.78 is 38.4. The Bertz CT molecular complexity index is 755. The number of amides is 1. The van der Waals surface area contributed by atoms with E-state index < -0.39 is 11.7 Å². The van der Waals surface area contributed by atoms with Gasteiger partial charge in [0.2, 0.25) is 5.91 Å². The number of hydrogen-bond donors (Lipinski definition) is 1. The van der Waals surface area contributed by atoms with Gasteiger partial charge in [-0.25, -0.2) is 0 Å². The second kappa shape index (κ2) is 7.29. The summed E-state index contributed by atoms with van der Waals surface area (Å²) >= 11 is 0. The van der Waals surface area contributed by atoms with Crippen LogP contribution < -0.4 is 5.32 Å². The van der Waals surface area contributed by atoms with Crippen LogP contribution >= 0.6 is 0 Å². The van der Waals surface area contributed by atoms with Gasteiger partial charge >= 0.3 is 6.18 Å². The minimum absolute atomic E-state index is 0.116. The first-order chi connectivity index (χ1) is 11.9. The van der Waals surface area contributed by atoms with Crippen molar-refractivity contribution in [1.29, 1.82) is 0 Å². The number of anilines is 1. The first-order valence-corrected chi connectivity index (χ1v) is 8.43. The molecule has 7 heteroatoms. The van der Waals surface area contributed by atoms with Crippen LogP contribution in [0, 0.1) is 0 Å². The van der Waals surface area contributed by atoms with E-state index in [2.05, 4.69) is 10.3 Å². The van der Waals surface area contributed by atoms with Gasteiger partial charge in [0, 0.05) is 43.3 Å². The lowest BCUT2D eigenvalue weighted by molar-refractivity contribution is -0.137. The van der Waals surface area contributed by atoms with E-state index in [0.29, 0.717) is 24.0 Å². The van der Waals surface area contributed by atoms with Gasteiger partial charge in [0.05, 0.1) is 11.1 Å². The highest BCUT2D eigenvalue weighted by Gasteiger charge is 2.30. The topological polar surface area (TPSA) is 45.2 Å². The number of benzene rings is 1. The first-order valence-electron chi connectivity index (χ1n) is 8.43. The van der Waals surface area contributed by atoms with Crippen LogP contribution in [-0.2, 0) is 11.0 Å². The standard InChI is InChI=1S/C18H20F3N3O/c19-18(20,21)13-4-5-14-15(6-8-23-16(14)12-13)22-9-7-17(25)24-10-2-1-3-11-24/h4-6,8,12H,1-3,7,9-11H2,(H,22,23). The fourth-order valence-corrected chi connectivity index (χ4v) is 3.08. The number of hydrogen-bond acceptors (Lipinski definition) is 3. The molecular weight excluding hydrogens is 331 g/mol. The van der Waals surface area contributed by atoms with Crippen molar-refractivity contribution in [1.82, 2.24) is 9.88 Å². The minimum Gasteiger partial charge on any atom is -0.384 e. The quantitative estimate of drug-likeness (QED) is 0.903. The van der Waals surface area contributed by atoms with Crippen LogP contribution in [-0.4, -0.2) is 35.4 Å². The van der Waals surface area contributed by atoms with E-state index >= 15 is 0 Å². The summed E-state index contributed by atoms with van der Waals surface area (Å²) in [5.74, 6) is 0.116. The van der Waals surface area contributed by atoms with Crippen LogP contribution in [0.2, 0.25) is 0 Å². The molecule has 2 aromatic rings. The van der Waals surface area contributed by atoms with Gasteiger partial charge in [0.15, 0.2) is 0 Å². The lowest BCUT2D eigenvalue weighted by Crippen LogP contribution is -2.36. The smallest absolute Gasteiger partial charge is 0.384 e. The van der Waals surface area contributed by atoms with Gasteiger partial charge < -0.3 is 10.2 Å². The molecule has 25 heavy (non-hydrogen) atoms. The predicted octanol–water partition coefficient (Wildman–Crippen LogP) is 4.07. The Morgan fingerprint density at radius 1 is 1.16 bits per heavy atom. The molecule has 0 aliphatic carbocycles. The van der Waals surface area contributed by atoms with Crippen molar-refractivity contribution < 1.29 is 18.0 Å². The normalized spacial score (nSPS) is 15.4. The van der Waals surface area contributed by atoms with Crippen molar-refractivity contribution in [2.24, 2.45) is 0 Å². The summed E-state index contributed by atoms with van der Waals surface area (Å²) in [5, 5.41) is 3.76. The molecule has 4 nitrogen and oxygen atoms in total. The van der Waals surface area contributed by atoms with Crippen LogP contribution in [0.1, 0.15) is 31.2 Å². The fourth-order valence-electron chi connectivity index (χ4n) is 3.08. The number of halogens is 3. The molecule has 1 N–H and O–H groups in total. The van der Waals surface area contributed by atoms with Gasteiger partial charge in [-0.3, -0.25) is 9.78 Å². The molecule has 1 aromatic carbocycles. The predicted molar refractivity (Wildman–Crippen MR) is 90.3 cm³/mol. The van der Waals surface area contributed by atoms with Crippen molar-refractivity contribution >= 4 is 22.5 Å². The van der Waals surface area contributed by atoms with Crippen LogP contribution in [0.25, 0.3) is 10.9 Å². The lowest BCUT2D eigenvalue weighted by Gasteiger charge is -2.26. The molecule has 3 rings (SSSR count). The Morgan fingerprint density at radius 3 is 2.64 bits per heavy atom. The van der Waals surface area contributed by atoms with Gasteiger partial charge in [0.1, 0.15) is 0 Å². The number of nitrogens with zero attached hydrogens (tertiary/aromatic N) is 2. The van der Waals surface area contributed by atoms with Crippen LogP contribution in [0.4, 0.5) is 18.9 Å². The Balaban J connectivity index is 1.66. The minimum atomic E-state index is -4.39. The summed E-state index contributed by atoms with van der Waals surface area (Å²) in [6.07, 6.45) is 0.720. The number of pyridine rings is 1. The number of aromatic nitrogens is 1. The van der Waals surface area contributed by atoms with Gasteiger partial charge in [-0.1, -0.05) is 6.07 Å². The van der Waals surface area contributed by atoms with E-state index in [4.69, 9.17) is 0 Å². The van der Waals surface area contributed by atoms with E-state index in [1.54, 1.807) is 6.07 Å². The Morgan fingerprint density at radius 2 is 1.92 bits per heavy atom. The number of nitrogens with one attached hydrogen (secondary N) is 1. The zero-order valence-electron chi connectivity index (χ0n) is 13.8. The van der Waals surface area contributed by atoms with Gasteiger partial charge in [-0.15, -0.1) is 0 Å². The molecule has 0 unspecified atom stereocenters. The Kier molecular flexibility index (Phi) is 5.11. The molecule has 1 amide bonds. The third-order valence-corrected chi connectivity index (χ3v) is 4.43. The highest BCUT2D eigenvalue weighted by Crippen LogP contribution is 2.32. The molecule has 134 valence electrons. The Labute approximate surface area is 144 Å². The monoisotopic (exact) mass is 351 g/mol. The number of likely N-dealkylation sites (tertiary alicyclic amines) is 1. The third-order valence-electron chi connectivity index (χ3n) is 4.43. The number of carbonyl (C=O) groups excluding carboxylic acids is 1. The van der Waals surface area contributed by atoms with Crippen molar-refractivity contribution in [3.63, 3.8) is 0 Å². The van der Waals surface area contributed by atoms with E-state index in [0.717, 1.165) is 38.1 Å². The molecule has 1 fully saturated rings. The molecule has 0 saturated carbocycles. The maximum atomic E-state index is 12.8. The molecule has 1 aliphatic heterocycles. The SMILES string of the molecule is O=C(CCNc1ccnc2cc(C(F)(F)F)ccc12)N1CCCCC1. The average Bonchev–Trinajstić information content (AvgIpc) is 2.61. The molecular formula is C18H20F3N3O. The number of rotatable bonds is 4. The maximum Gasteiger partial charge on any atom is 0.416 e. The molecule has 0 atom stereocenters. The fraction of sp³-hybridized carbons (Fsp3) is 0.444. The second-order valence-corrected chi connectivity index (χ2v) is 6.21. The Hall–Kier alpha value is -2.31. The molecule has 0 bridgehead atoms. The van der Waals surface area contributed by atoms with Gasteiger partial charge in [-0.05, 0) is 37.5 Å². The van der Waals surface area contributed by atoms with Gasteiger partial charge in [-0.2, -0.15) is 13.2 Å². The van der Waals surface area contributed by atoms with Gasteiger partial charge in [0.25, 0.3) is 0 Å². The van der Waals surface area contributed by atoms with Crippen molar-refractivity contribution in [2.75, 3.05) is 25.0 Å². The largest absolute Gasteiger partial charge is 0.416 e. The lowest BCUT2D eigenvalue weighted by atomic mass is 10.1. The third kappa shape index (κ3) is 4.21. The van der Waals surface area contributed by atoms with Crippen molar-refractivity contribution in [3.8, 4) is 0 Å². The van der Waals surface area contributed by atoms with E-state index in [9.17, 15) is 18.0 Å².